The van der Waals surface area contributed by atoms with Crippen molar-refractivity contribution in [1.29, 1.82) is 0 Å². The summed E-state index contributed by atoms with van der Waals surface area (Å²) >= 11 is 12.3. The van der Waals surface area contributed by atoms with Crippen molar-refractivity contribution in [1.82, 2.24) is 4.90 Å². The highest BCUT2D eigenvalue weighted by atomic mass is 35.5. The van der Waals surface area contributed by atoms with E-state index in [-0.39, 0.29) is 24.0 Å². The molecular weight excluding hydrogens is 461 g/mol. The molecule has 1 unspecified atom stereocenters. The van der Waals surface area contributed by atoms with Gasteiger partial charge in [0.05, 0.1) is 29.3 Å². The second kappa shape index (κ2) is 8.94. The van der Waals surface area contributed by atoms with E-state index in [9.17, 15) is 13.2 Å². The molecule has 31 heavy (non-hydrogen) atoms. The number of hydrogen-bond donors (Lipinski definition) is 0. The lowest BCUT2D eigenvalue weighted by molar-refractivity contribution is -0.128. The highest BCUT2D eigenvalue weighted by molar-refractivity contribution is 7.91. The zero-order valence-electron chi connectivity index (χ0n) is 16.3. The molecule has 0 aliphatic carbocycles. The fourth-order valence-electron chi connectivity index (χ4n) is 3.51. The van der Waals surface area contributed by atoms with Crippen LogP contribution in [0.5, 0.6) is 0 Å². The smallest absolute Gasteiger partial charge is 0.247 e. The summed E-state index contributed by atoms with van der Waals surface area (Å²) in [6.45, 7) is 0.125. The number of nitrogens with zero attached hydrogens (tertiary/aromatic N) is 1. The van der Waals surface area contributed by atoms with Crippen LogP contribution in [-0.4, -0.2) is 36.8 Å². The van der Waals surface area contributed by atoms with Crippen LogP contribution in [0.1, 0.15) is 17.9 Å². The van der Waals surface area contributed by atoms with E-state index >= 15 is 0 Å². The van der Waals surface area contributed by atoms with Crippen LogP contribution in [0.4, 0.5) is 0 Å². The molecule has 0 radical (unpaired) electrons. The Morgan fingerprint density at radius 1 is 1.19 bits per heavy atom. The lowest BCUT2D eigenvalue weighted by atomic mass is 10.2. The van der Waals surface area contributed by atoms with Gasteiger partial charge in [0.1, 0.15) is 17.3 Å². The van der Waals surface area contributed by atoms with Gasteiger partial charge in [0.15, 0.2) is 9.84 Å². The Balaban J connectivity index is 1.58. The quantitative estimate of drug-likeness (QED) is 0.460. The zero-order chi connectivity index (χ0) is 22.0. The number of halogens is 2. The van der Waals surface area contributed by atoms with Crippen LogP contribution in [0, 0.1) is 0 Å². The molecule has 9 heteroatoms. The molecule has 1 saturated heterocycles. The van der Waals surface area contributed by atoms with Crippen molar-refractivity contribution < 1.29 is 22.0 Å². The van der Waals surface area contributed by atoms with Crippen LogP contribution >= 0.6 is 23.2 Å². The van der Waals surface area contributed by atoms with E-state index in [4.69, 9.17) is 32.0 Å². The summed E-state index contributed by atoms with van der Waals surface area (Å²) in [5, 5.41) is 1.01. The molecule has 1 atom stereocenters. The molecule has 1 aromatic carbocycles. The molecule has 3 aromatic rings. The lowest BCUT2D eigenvalue weighted by Gasteiger charge is -2.26. The number of furan rings is 2. The van der Waals surface area contributed by atoms with Crippen LogP contribution in [0.25, 0.3) is 17.4 Å². The summed E-state index contributed by atoms with van der Waals surface area (Å²) in [5.41, 5.74) is 0.638. The second-order valence-electron chi connectivity index (χ2n) is 7.26. The SMILES string of the molecule is O=C(/C=C/c1ccco1)N(Cc1ccc(-c2cc(Cl)ccc2Cl)o1)C1CCS(=O)(=O)C1. The molecule has 0 bridgehead atoms. The summed E-state index contributed by atoms with van der Waals surface area (Å²) in [6.07, 6.45) is 4.83. The summed E-state index contributed by atoms with van der Waals surface area (Å²) in [7, 11) is -3.17. The van der Waals surface area contributed by atoms with E-state index in [2.05, 4.69) is 0 Å². The first-order valence-electron chi connectivity index (χ1n) is 9.57. The number of rotatable bonds is 6. The van der Waals surface area contributed by atoms with Crippen LogP contribution in [0.3, 0.4) is 0 Å². The highest BCUT2D eigenvalue weighted by Gasteiger charge is 2.34. The van der Waals surface area contributed by atoms with Crippen LogP contribution in [-0.2, 0) is 21.2 Å². The largest absolute Gasteiger partial charge is 0.465 e. The van der Waals surface area contributed by atoms with Gasteiger partial charge in [-0.1, -0.05) is 23.2 Å². The minimum absolute atomic E-state index is 0.0604. The summed E-state index contributed by atoms with van der Waals surface area (Å²) in [4.78, 5) is 14.5. The molecule has 162 valence electrons. The van der Waals surface area contributed by atoms with Crippen molar-refractivity contribution in [3.05, 3.63) is 76.4 Å². The fourth-order valence-corrected chi connectivity index (χ4v) is 5.62. The van der Waals surface area contributed by atoms with Gasteiger partial charge < -0.3 is 13.7 Å². The summed E-state index contributed by atoms with van der Waals surface area (Å²) in [6, 6.07) is 11.6. The maximum Gasteiger partial charge on any atom is 0.247 e. The Bertz CT molecular complexity index is 1210. The molecule has 4 rings (SSSR count). The lowest BCUT2D eigenvalue weighted by Crippen LogP contribution is -2.39. The average molecular weight is 480 g/mol. The van der Waals surface area contributed by atoms with E-state index in [1.54, 1.807) is 48.5 Å². The minimum Gasteiger partial charge on any atom is -0.465 e. The van der Waals surface area contributed by atoms with Crippen molar-refractivity contribution in [3.8, 4) is 11.3 Å². The van der Waals surface area contributed by atoms with E-state index in [1.807, 2.05) is 0 Å². The maximum atomic E-state index is 12.9. The molecule has 0 spiro atoms. The molecule has 0 saturated carbocycles. The van der Waals surface area contributed by atoms with Gasteiger partial charge >= 0.3 is 0 Å². The van der Waals surface area contributed by atoms with Gasteiger partial charge in [0.25, 0.3) is 0 Å². The fraction of sp³-hybridized carbons (Fsp3) is 0.227. The van der Waals surface area contributed by atoms with Crippen molar-refractivity contribution in [2.24, 2.45) is 0 Å². The van der Waals surface area contributed by atoms with Gasteiger partial charge in [-0.3, -0.25) is 4.79 Å². The number of carbonyl (C=O) groups is 1. The number of sulfone groups is 1. The molecule has 6 nitrogen and oxygen atoms in total. The van der Waals surface area contributed by atoms with Crippen LogP contribution in [0.15, 0.2) is 63.6 Å². The molecule has 3 heterocycles. The first kappa shape index (κ1) is 21.7. The van der Waals surface area contributed by atoms with Gasteiger partial charge in [0.2, 0.25) is 5.91 Å². The first-order valence-corrected chi connectivity index (χ1v) is 12.2. The van der Waals surface area contributed by atoms with E-state index in [0.717, 1.165) is 0 Å². The third-order valence-electron chi connectivity index (χ3n) is 5.05. The topological polar surface area (TPSA) is 80.7 Å². The normalized spacial score (nSPS) is 17.9. The molecule has 1 aliphatic heterocycles. The van der Waals surface area contributed by atoms with E-state index in [1.165, 1.54) is 17.2 Å². The van der Waals surface area contributed by atoms with Crippen LogP contribution in [0.2, 0.25) is 10.0 Å². The predicted octanol–water partition coefficient (Wildman–Crippen LogP) is 5.08. The number of carbonyl (C=O) groups excluding carboxylic acids is 1. The monoisotopic (exact) mass is 479 g/mol. The van der Waals surface area contributed by atoms with Gasteiger partial charge in [-0.2, -0.15) is 0 Å². The Kier molecular flexibility index (Phi) is 6.27. The van der Waals surface area contributed by atoms with E-state index in [0.29, 0.717) is 39.3 Å². The Morgan fingerprint density at radius 2 is 2.03 bits per heavy atom. The maximum absolute atomic E-state index is 12.9. The average Bonchev–Trinajstić information content (AvgIpc) is 3.47. The minimum atomic E-state index is -3.17. The third kappa shape index (κ3) is 5.23. The number of amides is 1. The second-order valence-corrected chi connectivity index (χ2v) is 10.3. The Labute approximate surface area is 190 Å². The van der Waals surface area contributed by atoms with Crippen molar-refractivity contribution in [2.75, 3.05) is 11.5 Å². The molecule has 0 N–H and O–H groups in total. The zero-order valence-corrected chi connectivity index (χ0v) is 18.7. The van der Waals surface area contributed by atoms with Gasteiger partial charge in [0, 0.05) is 22.7 Å². The summed E-state index contributed by atoms with van der Waals surface area (Å²) in [5.74, 6) is 1.22. The molecular formula is C22H19Cl2NO5S. The van der Waals surface area contributed by atoms with E-state index < -0.39 is 15.9 Å². The van der Waals surface area contributed by atoms with Crippen molar-refractivity contribution in [3.63, 3.8) is 0 Å². The van der Waals surface area contributed by atoms with Gasteiger partial charge in [-0.05, 0) is 55.0 Å². The first-order chi connectivity index (χ1) is 14.8. The predicted molar refractivity (Wildman–Crippen MR) is 120 cm³/mol. The number of hydrogen-bond acceptors (Lipinski definition) is 5. The van der Waals surface area contributed by atoms with Gasteiger partial charge in [-0.15, -0.1) is 0 Å². The molecule has 1 amide bonds. The molecule has 2 aromatic heterocycles. The number of benzene rings is 1. The van der Waals surface area contributed by atoms with Crippen molar-refractivity contribution >= 4 is 45.0 Å². The Hall–Kier alpha value is -2.48. The third-order valence-corrected chi connectivity index (χ3v) is 7.36. The highest BCUT2D eigenvalue weighted by Crippen LogP contribution is 2.32. The Morgan fingerprint density at radius 3 is 2.74 bits per heavy atom. The standard InChI is InChI=1S/C22H19Cl2NO5S/c23-15-3-6-20(24)19(12-15)21-7-4-18(30-21)13-25(16-9-11-31(27,28)14-16)22(26)8-5-17-2-1-10-29-17/h1-8,10,12,16H,9,11,13-14H2/b8-5+. The molecule has 1 aliphatic rings. The molecule has 1 fully saturated rings. The van der Waals surface area contributed by atoms with Crippen LogP contribution < -0.4 is 0 Å². The summed E-state index contributed by atoms with van der Waals surface area (Å²) < 4.78 is 35.1. The van der Waals surface area contributed by atoms with Gasteiger partial charge in [-0.25, -0.2) is 8.42 Å². The van der Waals surface area contributed by atoms with Crippen molar-refractivity contribution in [2.45, 2.75) is 19.0 Å².